The molecule has 1 atom stereocenters. The third kappa shape index (κ3) is 4.72. The summed E-state index contributed by atoms with van der Waals surface area (Å²) in [5.41, 5.74) is 0. The highest BCUT2D eigenvalue weighted by atomic mass is 15.1. The Hall–Kier alpha value is -0.480. The molecule has 1 fully saturated rings. The first-order chi connectivity index (χ1) is 8.04. The number of hydrogen-bond donors (Lipinski definition) is 0. The van der Waals surface area contributed by atoms with E-state index in [2.05, 4.69) is 51.5 Å². The molecule has 1 nitrogen and oxygen atoms in total. The molecule has 0 amide bonds. The van der Waals surface area contributed by atoms with Crippen LogP contribution in [0.4, 0.5) is 0 Å². The minimum absolute atomic E-state index is 0.685. The van der Waals surface area contributed by atoms with Crippen LogP contribution in [-0.2, 0) is 0 Å². The fourth-order valence-electron chi connectivity index (χ4n) is 2.24. The van der Waals surface area contributed by atoms with Gasteiger partial charge in [0.05, 0.1) is 0 Å². The van der Waals surface area contributed by atoms with Crippen LogP contribution in [0, 0.1) is 29.6 Å². The van der Waals surface area contributed by atoms with Crippen molar-refractivity contribution in [3.8, 4) is 11.8 Å². The van der Waals surface area contributed by atoms with Crippen molar-refractivity contribution in [2.24, 2.45) is 17.8 Å². The van der Waals surface area contributed by atoms with Gasteiger partial charge in [-0.2, -0.15) is 0 Å². The topological polar surface area (TPSA) is 3.24 Å². The molecule has 0 bridgehead atoms. The summed E-state index contributed by atoms with van der Waals surface area (Å²) >= 11 is 0. The zero-order valence-electron chi connectivity index (χ0n) is 12.3. The maximum atomic E-state index is 3.36. The lowest BCUT2D eigenvalue weighted by atomic mass is 9.79. The van der Waals surface area contributed by atoms with Crippen molar-refractivity contribution in [3.63, 3.8) is 0 Å². The maximum absolute atomic E-state index is 3.36. The fraction of sp³-hybridized carbons (Fsp3) is 0.875. The van der Waals surface area contributed by atoms with Crippen LogP contribution in [0.5, 0.6) is 0 Å². The first-order valence-electron chi connectivity index (χ1n) is 7.23. The Kier molecular flexibility index (Phi) is 6.06. The zero-order chi connectivity index (χ0) is 12.8. The normalized spacial score (nSPS) is 25.4. The standard InChI is InChI=1S/C16H29N/c1-6-7-8-15-11-16(12-15)17(5)10-9-14(4)13(2)3/h13-16H,6,9-12H2,1-5H3. The molecule has 0 spiro atoms. The van der Waals surface area contributed by atoms with E-state index in [0.29, 0.717) is 5.92 Å². The van der Waals surface area contributed by atoms with Gasteiger partial charge in [-0.1, -0.05) is 33.6 Å². The Balaban J connectivity index is 2.17. The van der Waals surface area contributed by atoms with E-state index in [4.69, 9.17) is 0 Å². The number of rotatable bonds is 5. The van der Waals surface area contributed by atoms with Gasteiger partial charge < -0.3 is 4.90 Å². The van der Waals surface area contributed by atoms with Crippen LogP contribution >= 0.6 is 0 Å². The molecule has 1 saturated carbocycles. The highest BCUT2D eigenvalue weighted by Gasteiger charge is 2.30. The second-order valence-corrected chi connectivity index (χ2v) is 5.99. The lowest BCUT2D eigenvalue weighted by molar-refractivity contribution is 0.119. The average Bonchev–Trinajstić information content (AvgIpc) is 2.23. The van der Waals surface area contributed by atoms with Crippen LogP contribution in [0.25, 0.3) is 0 Å². The van der Waals surface area contributed by atoms with Crippen molar-refractivity contribution in [3.05, 3.63) is 0 Å². The molecule has 1 heteroatoms. The second kappa shape index (κ2) is 7.07. The molecule has 1 aliphatic carbocycles. The number of hydrogen-bond acceptors (Lipinski definition) is 1. The van der Waals surface area contributed by atoms with Gasteiger partial charge in [-0.25, -0.2) is 0 Å². The molecule has 0 saturated heterocycles. The molecule has 0 aromatic heterocycles. The predicted molar refractivity (Wildman–Crippen MR) is 75.8 cm³/mol. The van der Waals surface area contributed by atoms with Crippen molar-refractivity contribution in [2.45, 2.75) is 59.4 Å². The first kappa shape index (κ1) is 14.6. The summed E-state index contributed by atoms with van der Waals surface area (Å²) in [6.07, 6.45) is 4.91. The Morgan fingerprint density at radius 2 is 1.88 bits per heavy atom. The van der Waals surface area contributed by atoms with E-state index in [-0.39, 0.29) is 0 Å². The highest BCUT2D eigenvalue weighted by molar-refractivity contribution is 5.09. The molecule has 0 N–H and O–H groups in total. The lowest BCUT2D eigenvalue weighted by Crippen LogP contribution is -2.42. The van der Waals surface area contributed by atoms with Crippen LogP contribution in [0.1, 0.15) is 53.4 Å². The molecule has 17 heavy (non-hydrogen) atoms. The second-order valence-electron chi connectivity index (χ2n) is 5.99. The predicted octanol–water partition coefficient (Wildman–Crippen LogP) is 3.79. The summed E-state index contributed by atoms with van der Waals surface area (Å²) in [6, 6.07) is 0.797. The van der Waals surface area contributed by atoms with Gasteiger partial charge in [0.2, 0.25) is 0 Å². The van der Waals surface area contributed by atoms with Gasteiger partial charge in [0, 0.05) is 18.4 Å². The van der Waals surface area contributed by atoms with E-state index in [0.717, 1.165) is 24.3 Å². The van der Waals surface area contributed by atoms with Gasteiger partial charge in [0.25, 0.3) is 0 Å². The van der Waals surface area contributed by atoms with Gasteiger partial charge in [-0.05, 0) is 44.7 Å². The van der Waals surface area contributed by atoms with Crippen molar-refractivity contribution < 1.29 is 0 Å². The van der Waals surface area contributed by atoms with E-state index in [1.54, 1.807) is 0 Å². The van der Waals surface area contributed by atoms with Gasteiger partial charge in [-0.3, -0.25) is 0 Å². The molecule has 1 unspecified atom stereocenters. The minimum Gasteiger partial charge on any atom is -0.303 e. The summed E-state index contributed by atoms with van der Waals surface area (Å²) in [6.45, 7) is 10.4. The van der Waals surface area contributed by atoms with Gasteiger partial charge in [0.15, 0.2) is 0 Å². The molecule has 0 radical (unpaired) electrons. The Bertz CT molecular complexity index is 265. The van der Waals surface area contributed by atoms with Crippen LogP contribution in [0.15, 0.2) is 0 Å². The van der Waals surface area contributed by atoms with E-state index >= 15 is 0 Å². The molecule has 98 valence electrons. The van der Waals surface area contributed by atoms with Crippen LogP contribution < -0.4 is 0 Å². The van der Waals surface area contributed by atoms with Crippen molar-refractivity contribution in [1.29, 1.82) is 0 Å². The molecular formula is C16H29N. The maximum Gasteiger partial charge on any atom is 0.0232 e. The molecule has 0 aromatic rings. The SMILES string of the molecule is CCC#CC1CC(N(C)CCC(C)C(C)C)C1. The van der Waals surface area contributed by atoms with E-state index in [1.807, 2.05) is 0 Å². The molecular weight excluding hydrogens is 206 g/mol. The first-order valence-corrected chi connectivity index (χ1v) is 7.23. The van der Waals surface area contributed by atoms with Crippen LogP contribution in [0.2, 0.25) is 0 Å². The van der Waals surface area contributed by atoms with Crippen LogP contribution in [-0.4, -0.2) is 24.5 Å². The van der Waals surface area contributed by atoms with Crippen molar-refractivity contribution in [2.75, 3.05) is 13.6 Å². The lowest BCUT2D eigenvalue weighted by Gasteiger charge is -2.39. The van der Waals surface area contributed by atoms with E-state index in [1.165, 1.54) is 25.8 Å². The summed E-state index contributed by atoms with van der Waals surface area (Å²) in [4.78, 5) is 2.54. The monoisotopic (exact) mass is 235 g/mol. The van der Waals surface area contributed by atoms with Gasteiger partial charge >= 0.3 is 0 Å². The van der Waals surface area contributed by atoms with Gasteiger partial charge in [0.1, 0.15) is 0 Å². The summed E-state index contributed by atoms with van der Waals surface area (Å²) in [7, 11) is 2.28. The van der Waals surface area contributed by atoms with Gasteiger partial charge in [-0.15, -0.1) is 5.92 Å². The smallest absolute Gasteiger partial charge is 0.0232 e. The van der Waals surface area contributed by atoms with Crippen molar-refractivity contribution in [1.82, 2.24) is 4.90 Å². The molecule has 0 heterocycles. The molecule has 1 rings (SSSR count). The quantitative estimate of drug-likeness (QED) is 0.655. The van der Waals surface area contributed by atoms with Crippen LogP contribution in [0.3, 0.4) is 0 Å². The molecule has 0 aromatic carbocycles. The van der Waals surface area contributed by atoms with E-state index < -0.39 is 0 Å². The summed E-state index contributed by atoms with van der Waals surface area (Å²) < 4.78 is 0. The average molecular weight is 235 g/mol. The third-order valence-electron chi connectivity index (χ3n) is 4.29. The Labute approximate surface area is 108 Å². The van der Waals surface area contributed by atoms with E-state index in [9.17, 15) is 0 Å². The fourth-order valence-corrected chi connectivity index (χ4v) is 2.24. The minimum atomic E-state index is 0.685. The summed E-state index contributed by atoms with van der Waals surface area (Å²) in [5, 5.41) is 0. The zero-order valence-corrected chi connectivity index (χ0v) is 12.3. The van der Waals surface area contributed by atoms with Crippen molar-refractivity contribution >= 4 is 0 Å². The number of nitrogens with zero attached hydrogens (tertiary/aromatic N) is 1. The Morgan fingerprint density at radius 3 is 2.41 bits per heavy atom. The Morgan fingerprint density at radius 1 is 1.24 bits per heavy atom. The third-order valence-corrected chi connectivity index (χ3v) is 4.29. The molecule has 0 aliphatic heterocycles. The molecule has 1 aliphatic rings. The largest absolute Gasteiger partial charge is 0.303 e. The summed E-state index contributed by atoms with van der Waals surface area (Å²) in [5.74, 6) is 8.91. The highest BCUT2D eigenvalue weighted by Crippen LogP contribution is 2.31.